The molecule has 3 fully saturated rings. The average Bonchev–Trinajstić information content (AvgIpc) is 3.55. The summed E-state index contributed by atoms with van der Waals surface area (Å²) >= 11 is 1.67. The monoisotopic (exact) mass is 563 g/mol. The molecule has 0 saturated carbocycles. The number of hydrogen-bond acceptors (Lipinski definition) is 5. The average molecular weight is 564 g/mol. The second-order valence-electron chi connectivity index (χ2n) is 11.7. The minimum Gasteiger partial charge on any atom is -0.394 e. The second kappa shape index (κ2) is 12.0. The van der Waals surface area contributed by atoms with Gasteiger partial charge in [0.25, 0.3) is 0 Å². The van der Waals surface area contributed by atoms with Crippen molar-refractivity contribution in [3.05, 3.63) is 71.8 Å². The van der Waals surface area contributed by atoms with Crippen LogP contribution < -0.4 is 10.6 Å². The number of likely N-dealkylation sites (tertiary alicyclic amines) is 1. The maximum absolute atomic E-state index is 14.5. The molecule has 3 heterocycles. The summed E-state index contributed by atoms with van der Waals surface area (Å²) in [4.78, 5) is 44.0. The Bertz CT molecular complexity index is 1210. The van der Waals surface area contributed by atoms with Gasteiger partial charge in [-0.05, 0) is 43.2 Å². The molecule has 1 spiro atoms. The van der Waals surface area contributed by atoms with Gasteiger partial charge in [-0.25, -0.2) is 0 Å². The number of aliphatic hydroxyl groups is 1. The standard InChI is InChI=1S/C32H41N3O4S/c1-4-11-21(3)34-30(38)28-32-20(2)16-25(40-32)26(29(37)33-18-23-14-9-6-10-15-23)27(32)31(39)35(28)24(19-36)17-22-12-7-5-8-13-22/h5-10,12-15,20-21,24-28,36H,4,11,16-19H2,1-3H3,(H,33,37)(H,34,38)/t20?,21?,24-,25-,26+,27+,28?,32?/m1/s1. The van der Waals surface area contributed by atoms with Crippen LogP contribution in [0.5, 0.6) is 0 Å². The van der Waals surface area contributed by atoms with Crippen LogP contribution >= 0.6 is 11.8 Å². The lowest BCUT2D eigenvalue weighted by molar-refractivity contribution is -0.143. The number of hydrogen-bond donors (Lipinski definition) is 3. The van der Waals surface area contributed by atoms with Crippen LogP contribution in [0.1, 0.15) is 51.2 Å². The molecule has 2 aromatic carbocycles. The Morgan fingerprint density at radius 2 is 1.73 bits per heavy atom. The van der Waals surface area contributed by atoms with E-state index in [0.717, 1.165) is 30.4 Å². The number of carbonyl (C=O) groups is 3. The van der Waals surface area contributed by atoms with Crippen LogP contribution in [0.3, 0.4) is 0 Å². The van der Waals surface area contributed by atoms with Crippen molar-refractivity contribution in [2.24, 2.45) is 17.8 Å². The predicted molar refractivity (Wildman–Crippen MR) is 157 cm³/mol. The quantitative estimate of drug-likeness (QED) is 0.389. The molecular formula is C32H41N3O4S. The Morgan fingerprint density at radius 1 is 1.07 bits per heavy atom. The maximum Gasteiger partial charge on any atom is 0.244 e. The zero-order valence-electron chi connectivity index (χ0n) is 23.6. The molecule has 0 radical (unpaired) electrons. The molecule has 3 N–H and O–H groups in total. The van der Waals surface area contributed by atoms with Crippen molar-refractivity contribution >= 4 is 29.5 Å². The highest BCUT2D eigenvalue weighted by atomic mass is 32.2. The van der Waals surface area contributed by atoms with E-state index >= 15 is 0 Å². The van der Waals surface area contributed by atoms with Gasteiger partial charge in [0.2, 0.25) is 17.7 Å². The fourth-order valence-corrected chi connectivity index (χ4v) is 9.73. The number of amides is 3. The molecule has 4 unspecified atom stereocenters. The first-order chi connectivity index (χ1) is 19.3. The molecule has 7 nitrogen and oxygen atoms in total. The van der Waals surface area contributed by atoms with E-state index < -0.39 is 28.7 Å². The number of benzene rings is 2. The number of nitrogens with zero attached hydrogens (tertiary/aromatic N) is 1. The first-order valence-electron chi connectivity index (χ1n) is 14.6. The summed E-state index contributed by atoms with van der Waals surface area (Å²) in [5, 5.41) is 16.9. The third kappa shape index (κ3) is 5.05. The van der Waals surface area contributed by atoms with Gasteiger partial charge in [0, 0.05) is 17.8 Å². The van der Waals surface area contributed by atoms with Crippen molar-refractivity contribution < 1.29 is 19.5 Å². The molecule has 40 heavy (non-hydrogen) atoms. The Kier molecular flexibility index (Phi) is 8.57. The first-order valence-corrected chi connectivity index (χ1v) is 15.5. The van der Waals surface area contributed by atoms with Crippen LogP contribution in [-0.4, -0.2) is 62.5 Å². The topological polar surface area (TPSA) is 98.7 Å². The number of nitrogens with one attached hydrogen (secondary N) is 2. The summed E-state index contributed by atoms with van der Waals surface area (Å²) in [6, 6.07) is 18.2. The van der Waals surface area contributed by atoms with E-state index in [0.29, 0.717) is 13.0 Å². The van der Waals surface area contributed by atoms with Crippen molar-refractivity contribution in [3.8, 4) is 0 Å². The molecular weight excluding hydrogens is 522 g/mol. The summed E-state index contributed by atoms with van der Waals surface area (Å²) < 4.78 is -0.712. The van der Waals surface area contributed by atoms with Gasteiger partial charge in [-0.1, -0.05) is 80.9 Å². The zero-order chi connectivity index (χ0) is 28.4. The molecule has 214 valence electrons. The van der Waals surface area contributed by atoms with Crippen LogP contribution in [0.15, 0.2) is 60.7 Å². The van der Waals surface area contributed by atoms with Gasteiger partial charge in [-0.2, -0.15) is 0 Å². The summed E-state index contributed by atoms with van der Waals surface area (Å²) in [6.45, 7) is 6.33. The highest BCUT2D eigenvalue weighted by molar-refractivity contribution is 8.02. The number of thioether (sulfide) groups is 1. The second-order valence-corrected chi connectivity index (χ2v) is 13.3. The van der Waals surface area contributed by atoms with Gasteiger partial charge in [-0.15, -0.1) is 11.8 Å². The minimum absolute atomic E-state index is 0.0214. The molecule has 8 atom stereocenters. The third-order valence-electron chi connectivity index (χ3n) is 9.07. The van der Waals surface area contributed by atoms with Gasteiger partial charge in [-0.3, -0.25) is 14.4 Å². The number of rotatable bonds is 11. The van der Waals surface area contributed by atoms with Gasteiger partial charge >= 0.3 is 0 Å². The molecule has 3 aliphatic rings. The summed E-state index contributed by atoms with van der Waals surface area (Å²) in [7, 11) is 0. The third-order valence-corrected chi connectivity index (χ3v) is 11.1. The largest absolute Gasteiger partial charge is 0.394 e. The van der Waals surface area contributed by atoms with Crippen LogP contribution in [0.4, 0.5) is 0 Å². The van der Waals surface area contributed by atoms with E-state index in [4.69, 9.17) is 0 Å². The molecule has 3 aliphatic heterocycles. The Morgan fingerprint density at radius 3 is 2.35 bits per heavy atom. The van der Waals surface area contributed by atoms with E-state index in [9.17, 15) is 19.5 Å². The number of aliphatic hydroxyl groups excluding tert-OH is 1. The lowest BCUT2D eigenvalue weighted by atomic mass is 9.65. The lowest BCUT2D eigenvalue weighted by Gasteiger charge is -2.40. The number of carbonyl (C=O) groups excluding carboxylic acids is 3. The van der Waals surface area contributed by atoms with E-state index in [1.165, 1.54) is 0 Å². The Labute approximate surface area is 241 Å². The van der Waals surface area contributed by atoms with Gasteiger partial charge in [0.1, 0.15) is 6.04 Å². The molecule has 3 saturated heterocycles. The van der Waals surface area contributed by atoms with Crippen molar-refractivity contribution in [1.29, 1.82) is 0 Å². The Balaban J connectivity index is 1.49. The van der Waals surface area contributed by atoms with Crippen LogP contribution in [0.2, 0.25) is 0 Å². The predicted octanol–water partition coefficient (Wildman–Crippen LogP) is 3.55. The molecule has 2 aromatic rings. The minimum atomic E-state index is -0.748. The fourth-order valence-electron chi connectivity index (χ4n) is 7.32. The molecule has 3 amide bonds. The Hall–Kier alpha value is -2.84. The van der Waals surface area contributed by atoms with Crippen LogP contribution in [0, 0.1) is 17.8 Å². The zero-order valence-corrected chi connectivity index (χ0v) is 24.4. The lowest BCUT2D eigenvalue weighted by Crippen LogP contribution is -2.59. The van der Waals surface area contributed by atoms with Gasteiger partial charge in [0.15, 0.2) is 0 Å². The number of fused-ring (bicyclic) bond motifs is 1. The van der Waals surface area contributed by atoms with Crippen LogP contribution in [-0.2, 0) is 27.3 Å². The highest BCUT2D eigenvalue weighted by Crippen LogP contribution is 2.68. The van der Waals surface area contributed by atoms with Crippen molar-refractivity contribution in [2.75, 3.05) is 6.61 Å². The van der Waals surface area contributed by atoms with Crippen molar-refractivity contribution in [1.82, 2.24) is 15.5 Å². The molecule has 0 aliphatic carbocycles. The fraction of sp³-hybridized carbons (Fsp3) is 0.531. The summed E-state index contributed by atoms with van der Waals surface area (Å²) in [6.07, 6.45) is 2.99. The van der Waals surface area contributed by atoms with Crippen LogP contribution in [0.25, 0.3) is 0 Å². The normalized spacial score (nSPS) is 30.1. The van der Waals surface area contributed by atoms with Crippen molar-refractivity contribution in [2.45, 2.75) is 81.1 Å². The summed E-state index contributed by atoms with van der Waals surface area (Å²) in [5.41, 5.74) is 1.99. The van der Waals surface area contributed by atoms with E-state index in [2.05, 4.69) is 24.5 Å². The molecule has 5 rings (SSSR count). The van der Waals surface area contributed by atoms with Gasteiger partial charge < -0.3 is 20.6 Å². The van der Waals surface area contributed by atoms with Gasteiger partial charge in [0.05, 0.1) is 29.2 Å². The van der Waals surface area contributed by atoms with E-state index in [1.807, 2.05) is 67.6 Å². The van der Waals surface area contributed by atoms with E-state index in [-0.39, 0.29) is 41.5 Å². The summed E-state index contributed by atoms with van der Waals surface area (Å²) in [5.74, 6) is -1.52. The highest BCUT2D eigenvalue weighted by Gasteiger charge is 2.76. The molecule has 2 bridgehead atoms. The SMILES string of the molecule is CCCC(C)NC(=O)C1N([C@@H](CO)Cc2ccccc2)C(=O)[C@@H]2[C@@H](C(=O)NCc3ccccc3)[C@H]3CC(C)C12S3. The molecule has 0 aromatic heterocycles. The smallest absolute Gasteiger partial charge is 0.244 e. The van der Waals surface area contributed by atoms with Crippen molar-refractivity contribution in [3.63, 3.8) is 0 Å². The first kappa shape index (κ1) is 28.7. The maximum atomic E-state index is 14.5. The van der Waals surface area contributed by atoms with E-state index in [1.54, 1.807) is 16.7 Å². The molecule has 8 heteroatoms.